The van der Waals surface area contributed by atoms with Gasteiger partial charge in [0.25, 0.3) is 0 Å². The zero-order valence-corrected chi connectivity index (χ0v) is 7.70. The molecule has 0 spiro atoms. The van der Waals surface area contributed by atoms with Crippen LogP contribution in [0.25, 0.3) is 0 Å². The van der Waals surface area contributed by atoms with Crippen LogP contribution >= 0.6 is 0 Å². The topological polar surface area (TPSA) is 38.5 Å². The summed E-state index contributed by atoms with van der Waals surface area (Å²) in [6, 6.07) is 0.852. The minimum atomic E-state index is 0.273. The maximum Gasteiger partial charge on any atom is 0.0828 e. The second-order valence-electron chi connectivity index (χ2n) is 3.99. The van der Waals surface area contributed by atoms with E-state index in [0.717, 1.165) is 19.1 Å². The molecule has 0 aromatic rings. The van der Waals surface area contributed by atoms with E-state index in [4.69, 9.17) is 10.5 Å². The van der Waals surface area contributed by atoms with Crippen molar-refractivity contribution in [2.24, 2.45) is 5.73 Å². The third-order valence-corrected chi connectivity index (χ3v) is 2.68. The van der Waals surface area contributed by atoms with Crippen molar-refractivity contribution < 1.29 is 4.74 Å². The van der Waals surface area contributed by atoms with Gasteiger partial charge in [-0.05, 0) is 19.8 Å². The number of rotatable bonds is 2. The van der Waals surface area contributed by atoms with E-state index in [-0.39, 0.29) is 6.10 Å². The summed E-state index contributed by atoms with van der Waals surface area (Å²) in [4.78, 5) is 2.53. The predicted octanol–water partition coefficient (Wildman–Crippen LogP) is 0.197. The van der Waals surface area contributed by atoms with Crippen molar-refractivity contribution in [3.05, 3.63) is 0 Å². The average molecular weight is 170 g/mol. The van der Waals surface area contributed by atoms with Crippen molar-refractivity contribution in [3.63, 3.8) is 0 Å². The van der Waals surface area contributed by atoms with E-state index >= 15 is 0 Å². The Bertz CT molecular complexity index is 159. The van der Waals surface area contributed by atoms with Gasteiger partial charge in [0.2, 0.25) is 0 Å². The molecule has 2 aliphatic rings. The Morgan fingerprint density at radius 2 is 2.17 bits per heavy atom. The summed E-state index contributed by atoms with van der Waals surface area (Å²) in [5.41, 5.74) is 5.60. The van der Waals surface area contributed by atoms with Crippen molar-refractivity contribution in [2.75, 3.05) is 19.6 Å². The summed E-state index contributed by atoms with van der Waals surface area (Å²) in [5, 5.41) is 0. The maximum atomic E-state index is 5.68. The molecule has 12 heavy (non-hydrogen) atoms. The lowest BCUT2D eigenvalue weighted by atomic mass is 10.2. The first-order valence-electron chi connectivity index (χ1n) is 4.89. The van der Waals surface area contributed by atoms with Gasteiger partial charge in [0.05, 0.1) is 12.2 Å². The Morgan fingerprint density at radius 1 is 1.42 bits per heavy atom. The molecule has 1 saturated carbocycles. The zero-order chi connectivity index (χ0) is 8.55. The van der Waals surface area contributed by atoms with Gasteiger partial charge in [-0.25, -0.2) is 0 Å². The van der Waals surface area contributed by atoms with E-state index in [9.17, 15) is 0 Å². The molecule has 1 aliphatic heterocycles. The van der Waals surface area contributed by atoms with Crippen LogP contribution in [0.5, 0.6) is 0 Å². The molecule has 3 nitrogen and oxygen atoms in total. The SMILES string of the molecule is CC1CN(C2CC2)CC(CN)O1. The van der Waals surface area contributed by atoms with Crippen LogP contribution < -0.4 is 5.73 Å². The summed E-state index contributed by atoms with van der Waals surface area (Å²) in [6.07, 6.45) is 3.40. The van der Waals surface area contributed by atoms with Crippen molar-refractivity contribution in [1.82, 2.24) is 4.90 Å². The molecular weight excluding hydrogens is 152 g/mol. The average Bonchev–Trinajstić information content (AvgIpc) is 2.85. The van der Waals surface area contributed by atoms with Gasteiger partial charge in [0.1, 0.15) is 0 Å². The normalized spacial score (nSPS) is 38.5. The second kappa shape index (κ2) is 3.32. The van der Waals surface area contributed by atoms with E-state index in [1.807, 2.05) is 0 Å². The van der Waals surface area contributed by atoms with Gasteiger partial charge in [-0.1, -0.05) is 0 Å². The Morgan fingerprint density at radius 3 is 2.75 bits per heavy atom. The molecule has 70 valence electrons. The highest BCUT2D eigenvalue weighted by Crippen LogP contribution is 2.29. The summed E-state index contributed by atoms with van der Waals surface area (Å²) in [5.74, 6) is 0. The summed E-state index contributed by atoms with van der Waals surface area (Å²) < 4.78 is 5.68. The van der Waals surface area contributed by atoms with Crippen LogP contribution in [0.2, 0.25) is 0 Å². The molecule has 2 unspecified atom stereocenters. The van der Waals surface area contributed by atoms with E-state index in [0.29, 0.717) is 12.6 Å². The smallest absolute Gasteiger partial charge is 0.0828 e. The highest BCUT2D eigenvalue weighted by molar-refractivity contribution is 4.89. The number of nitrogens with two attached hydrogens (primary N) is 1. The summed E-state index contributed by atoms with van der Waals surface area (Å²) >= 11 is 0. The Kier molecular flexibility index (Phi) is 2.35. The quantitative estimate of drug-likeness (QED) is 0.643. The molecule has 1 heterocycles. The summed E-state index contributed by atoms with van der Waals surface area (Å²) in [6.45, 7) is 4.94. The van der Waals surface area contributed by atoms with Crippen molar-refractivity contribution in [1.29, 1.82) is 0 Å². The Hall–Kier alpha value is -0.120. The Balaban J connectivity index is 1.88. The molecule has 0 amide bonds. The molecule has 0 bridgehead atoms. The molecule has 0 radical (unpaired) electrons. The molecule has 0 aromatic heterocycles. The van der Waals surface area contributed by atoms with E-state index in [2.05, 4.69) is 11.8 Å². The standard InChI is InChI=1S/C9H18N2O/c1-7-5-11(8-2-3-8)6-9(4-10)12-7/h7-9H,2-6,10H2,1H3. The minimum Gasteiger partial charge on any atom is -0.371 e. The highest BCUT2D eigenvalue weighted by Gasteiger charge is 2.34. The van der Waals surface area contributed by atoms with Gasteiger partial charge in [-0.2, -0.15) is 0 Å². The summed E-state index contributed by atoms with van der Waals surface area (Å²) in [7, 11) is 0. The predicted molar refractivity (Wildman–Crippen MR) is 48.0 cm³/mol. The number of morpholine rings is 1. The zero-order valence-electron chi connectivity index (χ0n) is 7.70. The first-order valence-corrected chi connectivity index (χ1v) is 4.89. The first kappa shape index (κ1) is 8.48. The van der Waals surface area contributed by atoms with E-state index < -0.39 is 0 Å². The van der Waals surface area contributed by atoms with Gasteiger partial charge >= 0.3 is 0 Å². The molecule has 1 aliphatic carbocycles. The maximum absolute atomic E-state index is 5.68. The molecule has 2 rings (SSSR count). The van der Waals surface area contributed by atoms with Gasteiger partial charge in [0, 0.05) is 25.7 Å². The van der Waals surface area contributed by atoms with Crippen molar-refractivity contribution in [3.8, 4) is 0 Å². The molecule has 1 saturated heterocycles. The van der Waals surface area contributed by atoms with Gasteiger partial charge < -0.3 is 10.5 Å². The molecule has 2 atom stereocenters. The fourth-order valence-corrected chi connectivity index (χ4v) is 1.95. The third kappa shape index (κ3) is 1.79. The largest absolute Gasteiger partial charge is 0.371 e. The van der Waals surface area contributed by atoms with Crippen LogP contribution in [0, 0.1) is 0 Å². The lowest BCUT2D eigenvalue weighted by Gasteiger charge is -2.36. The van der Waals surface area contributed by atoms with E-state index in [1.165, 1.54) is 12.8 Å². The second-order valence-corrected chi connectivity index (χ2v) is 3.99. The van der Waals surface area contributed by atoms with Crippen LogP contribution in [-0.2, 0) is 4.74 Å². The molecule has 2 N–H and O–H groups in total. The van der Waals surface area contributed by atoms with Gasteiger partial charge in [-0.3, -0.25) is 4.90 Å². The van der Waals surface area contributed by atoms with Crippen LogP contribution in [0.4, 0.5) is 0 Å². The molecular formula is C9H18N2O. The minimum absolute atomic E-state index is 0.273. The fourth-order valence-electron chi connectivity index (χ4n) is 1.95. The number of ether oxygens (including phenoxy) is 1. The first-order chi connectivity index (χ1) is 5.79. The lowest BCUT2D eigenvalue weighted by Crippen LogP contribution is -2.49. The fraction of sp³-hybridized carbons (Fsp3) is 1.00. The number of nitrogens with zero attached hydrogens (tertiary/aromatic N) is 1. The highest BCUT2D eigenvalue weighted by atomic mass is 16.5. The van der Waals surface area contributed by atoms with Crippen LogP contribution in [-0.4, -0.2) is 42.8 Å². The van der Waals surface area contributed by atoms with Crippen molar-refractivity contribution >= 4 is 0 Å². The molecule has 3 heteroatoms. The number of hydrogen-bond acceptors (Lipinski definition) is 3. The lowest BCUT2D eigenvalue weighted by molar-refractivity contribution is -0.0745. The van der Waals surface area contributed by atoms with Crippen LogP contribution in [0.3, 0.4) is 0 Å². The van der Waals surface area contributed by atoms with Crippen molar-refractivity contribution in [2.45, 2.75) is 38.0 Å². The van der Waals surface area contributed by atoms with Gasteiger partial charge in [-0.15, -0.1) is 0 Å². The monoisotopic (exact) mass is 170 g/mol. The van der Waals surface area contributed by atoms with Crippen LogP contribution in [0.1, 0.15) is 19.8 Å². The van der Waals surface area contributed by atoms with Crippen LogP contribution in [0.15, 0.2) is 0 Å². The third-order valence-electron chi connectivity index (χ3n) is 2.68. The molecule has 2 fully saturated rings. The molecule has 0 aromatic carbocycles. The van der Waals surface area contributed by atoms with Gasteiger partial charge in [0.15, 0.2) is 0 Å². The number of hydrogen-bond donors (Lipinski definition) is 1. The Labute approximate surface area is 73.9 Å². The van der Waals surface area contributed by atoms with E-state index in [1.54, 1.807) is 0 Å².